The largest absolute Gasteiger partial charge is 0.360 e. The third-order valence-corrected chi connectivity index (χ3v) is 2.30. The van der Waals surface area contributed by atoms with Crippen LogP contribution in [0.25, 0.3) is 0 Å². The number of para-hydroxylation sites is 1. The topological polar surface area (TPSA) is 64.9 Å². The number of carbonyl (C=O) groups excluding carboxylic acids is 1. The van der Waals surface area contributed by atoms with Crippen molar-refractivity contribution in [1.82, 2.24) is 5.32 Å². The van der Waals surface area contributed by atoms with Crippen LogP contribution in [0, 0.1) is 18.3 Å². The number of anilines is 1. The molecule has 0 spiro atoms. The lowest BCUT2D eigenvalue weighted by atomic mass is 10.2. The van der Waals surface area contributed by atoms with Crippen molar-refractivity contribution in [3.63, 3.8) is 0 Å². The molecule has 2 N–H and O–H groups in total. The smallest absolute Gasteiger partial charge is 0.263 e. The summed E-state index contributed by atoms with van der Waals surface area (Å²) in [6.07, 6.45) is 1.43. The minimum atomic E-state index is -0.367. The predicted octanol–water partition coefficient (Wildman–Crippen LogP) is 2.34. The molecular formula is C14H17N3O. The lowest BCUT2D eigenvalue weighted by Gasteiger charge is -2.08. The van der Waals surface area contributed by atoms with Gasteiger partial charge in [0.2, 0.25) is 0 Å². The molecule has 1 amide bonds. The standard InChI is InChI=1S/C14H17N3O/c1-10(2)17-14(18)12(8-15)9-16-13-7-5-4-6-11(13)3/h4-7,9-10,16H,1-3H3,(H,17,18)/b12-9-. The molecule has 0 aliphatic rings. The molecule has 4 nitrogen and oxygen atoms in total. The minimum Gasteiger partial charge on any atom is -0.360 e. The maximum absolute atomic E-state index is 11.6. The van der Waals surface area contributed by atoms with Gasteiger partial charge < -0.3 is 10.6 Å². The molecule has 0 heterocycles. The highest BCUT2D eigenvalue weighted by molar-refractivity contribution is 5.97. The van der Waals surface area contributed by atoms with Crippen LogP contribution in [0.15, 0.2) is 36.0 Å². The summed E-state index contributed by atoms with van der Waals surface area (Å²) in [7, 11) is 0. The van der Waals surface area contributed by atoms with E-state index in [1.54, 1.807) is 0 Å². The quantitative estimate of drug-likeness (QED) is 0.630. The fourth-order valence-corrected chi connectivity index (χ4v) is 1.37. The molecule has 18 heavy (non-hydrogen) atoms. The highest BCUT2D eigenvalue weighted by atomic mass is 16.1. The second-order valence-electron chi connectivity index (χ2n) is 4.26. The van der Waals surface area contributed by atoms with Gasteiger partial charge in [0.05, 0.1) is 0 Å². The van der Waals surface area contributed by atoms with Gasteiger partial charge >= 0.3 is 0 Å². The molecular weight excluding hydrogens is 226 g/mol. The average Bonchev–Trinajstić information content (AvgIpc) is 2.31. The Morgan fingerprint density at radius 3 is 2.61 bits per heavy atom. The molecule has 1 rings (SSSR count). The summed E-state index contributed by atoms with van der Waals surface area (Å²) in [6, 6.07) is 9.56. The van der Waals surface area contributed by atoms with Crippen molar-refractivity contribution in [3.8, 4) is 6.07 Å². The Kier molecular flexibility index (Phi) is 4.94. The van der Waals surface area contributed by atoms with E-state index >= 15 is 0 Å². The Hall–Kier alpha value is -2.28. The van der Waals surface area contributed by atoms with Crippen LogP contribution in [0.4, 0.5) is 5.69 Å². The van der Waals surface area contributed by atoms with Crippen LogP contribution >= 0.6 is 0 Å². The number of nitrogens with zero attached hydrogens (tertiary/aromatic N) is 1. The third kappa shape index (κ3) is 3.95. The molecule has 0 atom stereocenters. The lowest BCUT2D eigenvalue weighted by molar-refractivity contribution is -0.117. The first kappa shape index (κ1) is 13.8. The molecule has 0 saturated heterocycles. The van der Waals surface area contributed by atoms with Gasteiger partial charge in [-0.3, -0.25) is 4.79 Å². The molecule has 0 radical (unpaired) electrons. The van der Waals surface area contributed by atoms with E-state index in [0.717, 1.165) is 11.3 Å². The van der Waals surface area contributed by atoms with Crippen LogP contribution in [0.2, 0.25) is 0 Å². The number of carbonyl (C=O) groups is 1. The summed E-state index contributed by atoms with van der Waals surface area (Å²) in [5.74, 6) is -0.367. The second kappa shape index (κ2) is 6.45. The Morgan fingerprint density at radius 2 is 2.06 bits per heavy atom. The van der Waals surface area contributed by atoms with Crippen molar-refractivity contribution in [3.05, 3.63) is 41.6 Å². The number of amides is 1. The van der Waals surface area contributed by atoms with Crippen LogP contribution < -0.4 is 10.6 Å². The number of aryl methyl sites for hydroxylation is 1. The van der Waals surface area contributed by atoms with Crippen LogP contribution in [-0.2, 0) is 4.79 Å². The summed E-state index contributed by atoms with van der Waals surface area (Å²) in [5, 5.41) is 14.6. The fourth-order valence-electron chi connectivity index (χ4n) is 1.37. The van der Waals surface area contributed by atoms with Crippen molar-refractivity contribution in [1.29, 1.82) is 5.26 Å². The van der Waals surface area contributed by atoms with E-state index in [4.69, 9.17) is 5.26 Å². The van der Waals surface area contributed by atoms with E-state index < -0.39 is 0 Å². The molecule has 0 aromatic heterocycles. The normalized spacial score (nSPS) is 10.9. The minimum absolute atomic E-state index is 0.00714. The fraction of sp³-hybridized carbons (Fsp3) is 0.286. The van der Waals surface area contributed by atoms with Gasteiger partial charge in [0, 0.05) is 17.9 Å². The monoisotopic (exact) mass is 243 g/mol. The predicted molar refractivity (Wildman–Crippen MR) is 71.8 cm³/mol. The van der Waals surface area contributed by atoms with Crippen molar-refractivity contribution in [2.45, 2.75) is 26.8 Å². The van der Waals surface area contributed by atoms with Crippen LogP contribution in [0.1, 0.15) is 19.4 Å². The zero-order valence-electron chi connectivity index (χ0n) is 10.8. The van der Waals surface area contributed by atoms with E-state index in [1.807, 2.05) is 51.1 Å². The lowest BCUT2D eigenvalue weighted by Crippen LogP contribution is -2.31. The number of rotatable bonds is 4. The Balaban J connectivity index is 2.79. The van der Waals surface area contributed by atoms with Gasteiger partial charge in [-0.25, -0.2) is 0 Å². The molecule has 0 fully saturated rings. The Morgan fingerprint density at radius 1 is 1.39 bits per heavy atom. The first-order chi connectivity index (χ1) is 8.54. The van der Waals surface area contributed by atoms with Crippen LogP contribution in [-0.4, -0.2) is 11.9 Å². The molecule has 0 unspecified atom stereocenters. The number of nitriles is 1. The van der Waals surface area contributed by atoms with Gasteiger partial charge in [0.1, 0.15) is 11.6 Å². The summed E-state index contributed by atoms with van der Waals surface area (Å²) in [5.41, 5.74) is 1.99. The summed E-state index contributed by atoms with van der Waals surface area (Å²) >= 11 is 0. The Labute approximate surface area is 107 Å². The highest BCUT2D eigenvalue weighted by Gasteiger charge is 2.09. The van der Waals surface area contributed by atoms with Crippen molar-refractivity contribution in [2.24, 2.45) is 0 Å². The zero-order chi connectivity index (χ0) is 13.5. The summed E-state index contributed by atoms with van der Waals surface area (Å²) < 4.78 is 0. The van der Waals surface area contributed by atoms with E-state index in [9.17, 15) is 4.79 Å². The summed E-state index contributed by atoms with van der Waals surface area (Å²) in [4.78, 5) is 11.6. The molecule has 1 aromatic rings. The van der Waals surface area contributed by atoms with Gasteiger partial charge in [-0.05, 0) is 32.4 Å². The number of hydrogen-bond acceptors (Lipinski definition) is 3. The van der Waals surface area contributed by atoms with Crippen molar-refractivity contribution < 1.29 is 4.79 Å². The van der Waals surface area contributed by atoms with Crippen molar-refractivity contribution >= 4 is 11.6 Å². The van der Waals surface area contributed by atoms with Gasteiger partial charge in [-0.1, -0.05) is 18.2 Å². The van der Waals surface area contributed by atoms with Gasteiger partial charge in [0.15, 0.2) is 0 Å². The van der Waals surface area contributed by atoms with Crippen LogP contribution in [0.5, 0.6) is 0 Å². The van der Waals surface area contributed by atoms with E-state index in [2.05, 4.69) is 10.6 Å². The maximum Gasteiger partial charge on any atom is 0.263 e. The van der Waals surface area contributed by atoms with Crippen LogP contribution in [0.3, 0.4) is 0 Å². The Bertz CT molecular complexity index is 498. The maximum atomic E-state index is 11.6. The molecule has 0 aliphatic carbocycles. The molecule has 94 valence electrons. The SMILES string of the molecule is Cc1ccccc1N/C=C(/C#N)C(=O)NC(C)C. The first-order valence-electron chi connectivity index (χ1n) is 5.78. The third-order valence-electron chi connectivity index (χ3n) is 2.30. The second-order valence-corrected chi connectivity index (χ2v) is 4.26. The van der Waals surface area contributed by atoms with E-state index in [1.165, 1.54) is 6.20 Å². The first-order valence-corrected chi connectivity index (χ1v) is 5.78. The molecule has 0 bridgehead atoms. The zero-order valence-corrected chi connectivity index (χ0v) is 10.8. The van der Waals surface area contributed by atoms with Gasteiger partial charge in [0.25, 0.3) is 5.91 Å². The molecule has 0 saturated carbocycles. The van der Waals surface area contributed by atoms with Crippen molar-refractivity contribution in [2.75, 3.05) is 5.32 Å². The number of benzene rings is 1. The van der Waals surface area contributed by atoms with E-state index in [-0.39, 0.29) is 17.5 Å². The number of hydrogen-bond donors (Lipinski definition) is 2. The van der Waals surface area contributed by atoms with Gasteiger partial charge in [-0.2, -0.15) is 5.26 Å². The molecule has 1 aromatic carbocycles. The van der Waals surface area contributed by atoms with E-state index in [0.29, 0.717) is 0 Å². The molecule has 4 heteroatoms. The summed E-state index contributed by atoms with van der Waals surface area (Å²) in [6.45, 7) is 5.65. The molecule has 0 aliphatic heterocycles. The highest BCUT2D eigenvalue weighted by Crippen LogP contribution is 2.13. The number of nitrogens with one attached hydrogen (secondary N) is 2. The average molecular weight is 243 g/mol. The van der Waals surface area contributed by atoms with Gasteiger partial charge in [-0.15, -0.1) is 0 Å².